The summed E-state index contributed by atoms with van der Waals surface area (Å²) in [7, 11) is 0. The summed E-state index contributed by atoms with van der Waals surface area (Å²) in [6.45, 7) is 1.83. The van der Waals surface area contributed by atoms with Crippen LogP contribution in [-0.2, 0) is 4.79 Å². The van der Waals surface area contributed by atoms with E-state index in [0.717, 1.165) is 15.2 Å². The van der Waals surface area contributed by atoms with Crippen LogP contribution >= 0.6 is 24.0 Å². The van der Waals surface area contributed by atoms with Gasteiger partial charge < -0.3 is 0 Å². The minimum absolute atomic E-state index is 0.135. The molecule has 1 unspecified atom stereocenters. The summed E-state index contributed by atoms with van der Waals surface area (Å²) in [6, 6.07) is 7.87. The number of aromatic nitrogens is 1. The molecule has 1 aromatic heterocycles. The van der Waals surface area contributed by atoms with E-state index in [-0.39, 0.29) is 11.0 Å². The number of carbonyl (C=O) groups excluding carboxylic acids is 1. The van der Waals surface area contributed by atoms with Gasteiger partial charge in [-0.1, -0.05) is 12.1 Å². The molecule has 2 nitrogen and oxygen atoms in total. The topological polar surface area (TPSA) is 30.0 Å². The summed E-state index contributed by atoms with van der Waals surface area (Å²) in [6.07, 6.45) is 0. The van der Waals surface area contributed by atoms with Crippen LogP contribution in [0, 0.1) is 0 Å². The molecule has 0 aliphatic heterocycles. The maximum atomic E-state index is 11.1. The minimum Gasteiger partial charge on any atom is -0.287 e. The van der Waals surface area contributed by atoms with Gasteiger partial charge in [0.25, 0.3) is 0 Å². The number of thiol groups is 1. The summed E-state index contributed by atoms with van der Waals surface area (Å²) in [5, 5.41) is 0.704. The molecule has 0 N–H and O–H groups in total. The molecule has 14 heavy (non-hydrogen) atoms. The Morgan fingerprint density at radius 3 is 2.86 bits per heavy atom. The number of hydrogen-bond acceptors (Lipinski definition) is 3. The third-order valence-electron chi connectivity index (χ3n) is 2.05. The number of thiazole rings is 1. The Labute approximate surface area is 91.4 Å². The molecule has 0 saturated heterocycles. The lowest BCUT2D eigenvalue weighted by molar-refractivity contribution is -0.111. The van der Waals surface area contributed by atoms with Gasteiger partial charge in [-0.3, -0.25) is 4.79 Å². The molecule has 1 heterocycles. The monoisotopic (exact) mass is 223 g/mol. The van der Waals surface area contributed by atoms with Crippen molar-refractivity contribution < 1.29 is 4.79 Å². The summed E-state index contributed by atoms with van der Waals surface area (Å²) in [5.41, 5.74) is 0.953. The Hall–Kier alpha value is -0.870. The molecule has 72 valence electrons. The average molecular weight is 223 g/mol. The molecule has 0 fully saturated rings. The van der Waals surface area contributed by atoms with Gasteiger partial charge >= 0.3 is 0 Å². The Morgan fingerprint density at radius 1 is 1.50 bits per heavy atom. The van der Waals surface area contributed by atoms with Crippen LogP contribution in [0.1, 0.15) is 17.8 Å². The Balaban J connectivity index is 2.50. The molecule has 2 rings (SSSR count). The first-order valence-corrected chi connectivity index (χ1v) is 5.53. The van der Waals surface area contributed by atoms with Crippen LogP contribution in [0.15, 0.2) is 24.3 Å². The lowest BCUT2D eigenvalue weighted by Gasteiger charge is -1.99. The van der Waals surface area contributed by atoms with Gasteiger partial charge in [-0.05, 0) is 19.1 Å². The third-order valence-corrected chi connectivity index (χ3v) is 3.66. The van der Waals surface area contributed by atoms with Gasteiger partial charge in [0.05, 0.1) is 16.1 Å². The van der Waals surface area contributed by atoms with E-state index in [2.05, 4.69) is 17.6 Å². The summed E-state index contributed by atoms with van der Waals surface area (Å²) in [4.78, 5) is 15.4. The van der Waals surface area contributed by atoms with Crippen molar-refractivity contribution in [1.29, 1.82) is 0 Å². The van der Waals surface area contributed by atoms with Crippen LogP contribution in [-0.4, -0.2) is 10.1 Å². The van der Waals surface area contributed by atoms with E-state index in [1.54, 1.807) is 11.3 Å². The first-order valence-electron chi connectivity index (χ1n) is 4.27. The number of carbonyl (C=O) groups is 1. The zero-order chi connectivity index (χ0) is 10.1. The molecule has 0 aliphatic rings. The number of hydrogen-bond donors (Lipinski definition) is 1. The second-order valence-corrected chi connectivity index (χ2v) is 4.58. The van der Waals surface area contributed by atoms with Crippen LogP contribution in [0.3, 0.4) is 0 Å². The zero-order valence-electron chi connectivity index (χ0n) is 7.60. The quantitative estimate of drug-likeness (QED) is 0.793. The SMILES string of the molecule is CC(C(=O)S)c1nc2ccccc2s1. The molecule has 0 saturated carbocycles. The normalized spacial score (nSPS) is 13.0. The molecule has 0 radical (unpaired) electrons. The second-order valence-electron chi connectivity index (χ2n) is 3.08. The lowest BCUT2D eigenvalue weighted by Crippen LogP contribution is -2.00. The van der Waals surface area contributed by atoms with E-state index in [9.17, 15) is 4.79 Å². The maximum Gasteiger partial charge on any atom is 0.195 e. The number of rotatable bonds is 2. The maximum absolute atomic E-state index is 11.1. The molecule has 1 atom stereocenters. The van der Waals surface area contributed by atoms with Crippen LogP contribution in [0.25, 0.3) is 10.2 Å². The van der Waals surface area contributed by atoms with E-state index in [4.69, 9.17) is 0 Å². The van der Waals surface area contributed by atoms with Crippen LogP contribution < -0.4 is 0 Å². The molecule has 1 aromatic carbocycles. The Morgan fingerprint density at radius 2 is 2.21 bits per heavy atom. The highest BCUT2D eigenvalue weighted by molar-refractivity contribution is 7.96. The third kappa shape index (κ3) is 1.67. The highest BCUT2D eigenvalue weighted by atomic mass is 32.1. The van der Waals surface area contributed by atoms with E-state index in [0.29, 0.717) is 0 Å². The van der Waals surface area contributed by atoms with Gasteiger partial charge in [-0.2, -0.15) is 0 Å². The van der Waals surface area contributed by atoms with Crippen LogP contribution in [0.5, 0.6) is 0 Å². The highest BCUT2D eigenvalue weighted by Crippen LogP contribution is 2.28. The van der Waals surface area contributed by atoms with Crippen molar-refractivity contribution in [2.24, 2.45) is 0 Å². The largest absolute Gasteiger partial charge is 0.287 e. The molecular formula is C10H9NOS2. The van der Waals surface area contributed by atoms with Crippen molar-refractivity contribution in [3.8, 4) is 0 Å². The van der Waals surface area contributed by atoms with Crippen molar-refractivity contribution in [1.82, 2.24) is 4.98 Å². The van der Waals surface area contributed by atoms with Crippen molar-refractivity contribution >= 4 is 39.3 Å². The minimum atomic E-state index is -0.212. The van der Waals surface area contributed by atoms with E-state index in [1.807, 2.05) is 31.2 Å². The van der Waals surface area contributed by atoms with Gasteiger partial charge in [0.15, 0.2) is 5.12 Å². The summed E-state index contributed by atoms with van der Waals surface area (Å²) in [5.74, 6) is -0.212. The molecule has 0 aliphatic carbocycles. The van der Waals surface area contributed by atoms with Gasteiger partial charge in [-0.15, -0.1) is 24.0 Å². The van der Waals surface area contributed by atoms with Gasteiger partial charge in [0.1, 0.15) is 5.01 Å². The number of nitrogens with zero attached hydrogens (tertiary/aromatic N) is 1. The summed E-state index contributed by atoms with van der Waals surface area (Å²) >= 11 is 5.37. The van der Waals surface area contributed by atoms with Gasteiger partial charge in [-0.25, -0.2) is 4.98 Å². The molecule has 4 heteroatoms. The zero-order valence-corrected chi connectivity index (χ0v) is 9.31. The number of para-hydroxylation sites is 1. The predicted molar refractivity (Wildman–Crippen MR) is 62.0 cm³/mol. The fourth-order valence-corrected chi connectivity index (χ4v) is 2.41. The number of benzene rings is 1. The van der Waals surface area contributed by atoms with E-state index < -0.39 is 0 Å². The fourth-order valence-electron chi connectivity index (χ4n) is 1.18. The van der Waals surface area contributed by atoms with Crippen molar-refractivity contribution in [3.05, 3.63) is 29.3 Å². The van der Waals surface area contributed by atoms with E-state index >= 15 is 0 Å². The van der Waals surface area contributed by atoms with Gasteiger partial charge in [0, 0.05) is 0 Å². The molecule has 2 aromatic rings. The van der Waals surface area contributed by atoms with E-state index in [1.165, 1.54) is 0 Å². The Kier molecular flexibility index (Phi) is 2.56. The van der Waals surface area contributed by atoms with Crippen LogP contribution in [0.2, 0.25) is 0 Å². The van der Waals surface area contributed by atoms with Crippen molar-refractivity contribution in [2.45, 2.75) is 12.8 Å². The van der Waals surface area contributed by atoms with Gasteiger partial charge in [0.2, 0.25) is 0 Å². The standard InChI is InChI=1S/C10H9NOS2/c1-6(10(12)13)9-11-7-4-2-3-5-8(7)14-9/h2-6H,1H3,(H,12,13). The molecule has 0 spiro atoms. The highest BCUT2D eigenvalue weighted by Gasteiger charge is 2.15. The fraction of sp³-hybridized carbons (Fsp3) is 0.200. The Bertz CT molecular complexity index is 445. The summed E-state index contributed by atoms with van der Waals surface area (Å²) < 4.78 is 1.11. The number of fused-ring (bicyclic) bond motifs is 1. The van der Waals surface area contributed by atoms with Crippen molar-refractivity contribution in [2.75, 3.05) is 0 Å². The molecule has 0 amide bonds. The van der Waals surface area contributed by atoms with Crippen molar-refractivity contribution in [3.63, 3.8) is 0 Å². The predicted octanol–water partition coefficient (Wildman–Crippen LogP) is 2.86. The molecular weight excluding hydrogens is 214 g/mol. The first kappa shape index (κ1) is 9.68. The lowest BCUT2D eigenvalue weighted by atomic mass is 10.2. The van der Waals surface area contributed by atoms with Crippen LogP contribution in [0.4, 0.5) is 0 Å². The average Bonchev–Trinajstić information content (AvgIpc) is 2.59. The molecule has 0 bridgehead atoms. The second kappa shape index (κ2) is 3.71. The first-order chi connectivity index (χ1) is 6.68. The smallest absolute Gasteiger partial charge is 0.195 e.